The van der Waals surface area contributed by atoms with Crippen LogP contribution in [0, 0.1) is 0 Å². The summed E-state index contributed by atoms with van der Waals surface area (Å²) in [5.74, 6) is -0.0803. The first-order chi connectivity index (χ1) is 8.56. The van der Waals surface area contributed by atoms with Crippen LogP contribution < -0.4 is 10.1 Å². The monoisotopic (exact) mass is 249 g/mol. The SMILES string of the molecule is COC(=O)C=Cc1ccc(NC(C)=O)c(OC)c1. The molecular formula is C13H15NO4. The summed E-state index contributed by atoms with van der Waals surface area (Å²) in [6, 6.07) is 5.18. The molecule has 0 atom stereocenters. The minimum absolute atomic E-state index is 0.175. The molecule has 96 valence electrons. The van der Waals surface area contributed by atoms with Gasteiger partial charge < -0.3 is 14.8 Å². The fraction of sp³-hybridized carbons (Fsp3) is 0.231. The van der Waals surface area contributed by atoms with E-state index in [1.807, 2.05) is 0 Å². The van der Waals surface area contributed by atoms with Gasteiger partial charge in [-0.25, -0.2) is 4.79 Å². The quantitative estimate of drug-likeness (QED) is 0.653. The molecule has 0 aliphatic rings. The molecular weight excluding hydrogens is 234 g/mol. The Bertz CT molecular complexity index is 480. The van der Waals surface area contributed by atoms with Crippen molar-refractivity contribution in [3.63, 3.8) is 0 Å². The molecule has 0 saturated carbocycles. The lowest BCUT2D eigenvalue weighted by atomic mass is 10.1. The van der Waals surface area contributed by atoms with Gasteiger partial charge in [-0.2, -0.15) is 0 Å². The molecule has 0 unspecified atom stereocenters. The summed E-state index contributed by atoms with van der Waals surface area (Å²) in [6.07, 6.45) is 2.92. The number of anilines is 1. The first kappa shape index (κ1) is 13.8. The van der Waals surface area contributed by atoms with Crippen LogP contribution in [0.1, 0.15) is 12.5 Å². The lowest BCUT2D eigenvalue weighted by Crippen LogP contribution is -2.07. The Morgan fingerprint density at radius 1 is 1.28 bits per heavy atom. The molecule has 5 nitrogen and oxygen atoms in total. The van der Waals surface area contributed by atoms with E-state index in [1.165, 1.54) is 27.2 Å². The Morgan fingerprint density at radius 2 is 2.00 bits per heavy atom. The Labute approximate surface area is 105 Å². The van der Waals surface area contributed by atoms with Crippen LogP contribution in [0.5, 0.6) is 5.75 Å². The number of benzene rings is 1. The minimum atomic E-state index is -0.431. The van der Waals surface area contributed by atoms with Crippen LogP contribution in [0.4, 0.5) is 5.69 Å². The molecule has 1 amide bonds. The fourth-order valence-corrected chi connectivity index (χ4v) is 1.34. The third-order valence-corrected chi connectivity index (χ3v) is 2.15. The maximum Gasteiger partial charge on any atom is 0.330 e. The van der Waals surface area contributed by atoms with Gasteiger partial charge >= 0.3 is 5.97 Å². The number of hydrogen-bond donors (Lipinski definition) is 1. The van der Waals surface area contributed by atoms with E-state index >= 15 is 0 Å². The van der Waals surface area contributed by atoms with Crippen LogP contribution in [0.2, 0.25) is 0 Å². The molecule has 0 aromatic heterocycles. The molecule has 0 bridgehead atoms. The van der Waals surface area contributed by atoms with Gasteiger partial charge in [0.05, 0.1) is 19.9 Å². The first-order valence-corrected chi connectivity index (χ1v) is 5.28. The van der Waals surface area contributed by atoms with Gasteiger partial charge in [-0.1, -0.05) is 6.07 Å². The third-order valence-electron chi connectivity index (χ3n) is 2.15. The van der Waals surface area contributed by atoms with Crippen LogP contribution in [0.15, 0.2) is 24.3 Å². The third kappa shape index (κ3) is 3.93. The van der Waals surface area contributed by atoms with Crippen molar-refractivity contribution in [2.75, 3.05) is 19.5 Å². The molecule has 1 aromatic carbocycles. The van der Waals surface area contributed by atoms with Gasteiger partial charge in [0.1, 0.15) is 5.75 Å². The van der Waals surface area contributed by atoms with Crippen molar-refractivity contribution in [3.05, 3.63) is 29.8 Å². The minimum Gasteiger partial charge on any atom is -0.495 e. The Balaban J connectivity index is 2.94. The summed E-state index contributed by atoms with van der Waals surface area (Å²) in [4.78, 5) is 21.9. The predicted octanol–water partition coefficient (Wildman–Crippen LogP) is 1.84. The second kappa shape index (κ2) is 6.44. The fourth-order valence-electron chi connectivity index (χ4n) is 1.34. The van der Waals surface area contributed by atoms with E-state index in [9.17, 15) is 9.59 Å². The van der Waals surface area contributed by atoms with Crippen LogP contribution in [0.3, 0.4) is 0 Å². The number of ether oxygens (including phenoxy) is 2. The zero-order chi connectivity index (χ0) is 13.5. The first-order valence-electron chi connectivity index (χ1n) is 5.28. The number of nitrogens with one attached hydrogen (secondary N) is 1. The molecule has 1 N–H and O–H groups in total. The summed E-state index contributed by atoms with van der Waals surface area (Å²) < 4.78 is 9.65. The summed E-state index contributed by atoms with van der Waals surface area (Å²) in [7, 11) is 2.82. The van der Waals surface area contributed by atoms with Crippen molar-refractivity contribution in [1.29, 1.82) is 0 Å². The topological polar surface area (TPSA) is 64.6 Å². The molecule has 0 aliphatic heterocycles. The maximum atomic E-state index is 11.0. The number of rotatable bonds is 4. The summed E-state index contributed by atoms with van der Waals surface area (Å²) >= 11 is 0. The molecule has 0 spiro atoms. The van der Waals surface area contributed by atoms with Crippen LogP contribution in [-0.4, -0.2) is 26.1 Å². The Morgan fingerprint density at radius 3 is 2.56 bits per heavy atom. The van der Waals surface area contributed by atoms with Gasteiger partial charge in [-0.05, 0) is 23.8 Å². The Hall–Kier alpha value is -2.30. The standard InChI is InChI=1S/C13H15NO4/c1-9(15)14-11-6-4-10(8-12(11)17-2)5-7-13(16)18-3/h4-8H,1-3H3,(H,14,15). The zero-order valence-electron chi connectivity index (χ0n) is 10.5. The number of esters is 1. The van der Waals surface area contributed by atoms with Crippen molar-refractivity contribution < 1.29 is 19.1 Å². The van der Waals surface area contributed by atoms with E-state index < -0.39 is 5.97 Å². The van der Waals surface area contributed by atoms with Crippen LogP contribution in [0.25, 0.3) is 6.08 Å². The van der Waals surface area contributed by atoms with Gasteiger partial charge in [-0.3, -0.25) is 4.79 Å². The molecule has 1 aromatic rings. The molecule has 0 heterocycles. The second-order valence-corrected chi connectivity index (χ2v) is 3.50. The highest BCUT2D eigenvalue weighted by Crippen LogP contribution is 2.26. The van der Waals surface area contributed by atoms with E-state index in [-0.39, 0.29) is 5.91 Å². The second-order valence-electron chi connectivity index (χ2n) is 3.50. The van der Waals surface area contributed by atoms with Gasteiger partial charge in [-0.15, -0.1) is 0 Å². The Kier molecular flexibility index (Phi) is 4.92. The van der Waals surface area contributed by atoms with Gasteiger partial charge in [0.2, 0.25) is 5.91 Å². The van der Waals surface area contributed by atoms with Crippen molar-refractivity contribution in [1.82, 2.24) is 0 Å². The van der Waals surface area contributed by atoms with Crippen LogP contribution in [-0.2, 0) is 14.3 Å². The van der Waals surface area contributed by atoms with E-state index in [2.05, 4.69) is 10.1 Å². The molecule has 0 radical (unpaired) electrons. The van der Waals surface area contributed by atoms with E-state index in [0.29, 0.717) is 11.4 Å². The molecule has 5 heteroatoms. The normalized spacial score (nSPS) is 10.2. The van der Waals surface area contributed by atoms with Crippen molar-refractivity contribution >= 4 is 23.6 Å². The summed E-state index contributed by atoms with van der Waals surface area (Å²) in [6.45, 7) is 1.42. The lowest BCUT2D eigenvalue weighted by Gasteiger charge is -2.09. The zero-order valence-corrected chi connectivity index (χ0v) is 10.5. The maximum absolute atomic E-state index is 11.0. The number of hydrogen-bond acceptors (Lipinski definition) is 4. The smallest absolute Gasteiger partial charge is 0.330 e. The average Bonchev–Trinajstić information content (AvgIpc) is 2.36. The predicted molar refractivity (Wildman–Crippen MR) is 68.3 cm³/mol. The number of methoxy groups -OCH3 is 2. The van der Waals surface area contributed by atoms with Crippen molar-refractivity contribution in [2.24, 2.45) is 0 Å². The summed E-state index contributed by atoms with van der Waals surface area (Å²) in [5.41, 5.74) is 1.35. The molecule has 0 aliphatic carbocycles. The van der Waals surface area contributed by atoms with Gasteiger partial charge in [0, 0.05) is 13.0 Å². The highest BCUT2D eigenvalue weighted by atomic mass is 16.5. The lowest BCUT2D eigenvalue weighted by molar-refractivity contribution is -0.134. The van der Waals surface area contributed by atoms with Gasteiger partial charge in [0.25, 0.3) is 0 Å². The van der Waals surface area contributed by atoms with Gasteiger partial charge in [0.15, 0.2) is 0 Å². The number of amides is 1. The number of carbonyl (C=O) groups is 2. The van der Waals surface area contributed by atoms with E-state index in [1.54, 1.807) is 24.3 Å². The number of carbonyl (C=O) groups excluding carboxylic acids is 2. The molecule has 0 fully saturated rings. The van der Waals surface area contributed by atoms with Crippen LogP contribution >= 0.6 is 0 Å². The average molecular weight is 249 g/mol. The van der Waals surface area contributed by atoms with Crippen molar-refractivity contribution in [3.8, 4) is 5.75 Å². The molecule has 18 heavy (non-hydrogen) atoms. The highest BCUT2D eigenvalue weighted by Gasteiger charge is 2.04. The van der Waals surface area contributed by atoms with E-state index in [0.717, 1.165) is 5.56 Å². The molecule has 0 saturated heterocycles. The largest absolute Gasteiger partial charge is 0.495 e. The highest BCUT2D eigenvalue weighted by molar-refractivity contribution is 5.91. The summed E-state index contributed by atoms with van der Waals surface area (Å²) in [5, 5.41) is 2.65. The molecule has 1 rings (SSSR count). The van der Waals surface area contributed by atoms with E-state index in [4.69, 9.17) is 4.74 Å². The van der Waals surface area contributed by atoms with Crippen molar-refractivity contribution in [2.45, 2.75) is 6.92 Å².